The van der Waals surface area contributed by atoms with Gasteiger partial charge in [-0.3, -0.25) is 4.79 Å². The first-order valence-corrected chi connectivity index (χ1v) is 11.7. The maximum atomic E-state index is 12.4. The van der Waals surface area contributed by atoms with Crippen LogP contribution in [0.3, 0.4) is 0 Å². The molecule has 0 spiro atoms. The molecule has 0 amide bonds. The summed E-state index contributed by atoms with van der Waals surface area (Å²) in [6, 6.07) is 28.3. The van der Waals surface area contributed by atoms with Gasteiger partial charge in [-0.15, -0.1) is 0 Å². The number of anilines is 1. The summed E-state index contributed by atoms with van der Waals surface area (Å²) in [6.45, 7) is 6.61. The topological polar surface area (TPSA) is 61.9 Å². The van der Waals surface area contributed by atoms with E-state index >= 15 is 0 Å². The minimum atomic E-state index is -0.189. The Hall–Kier alpha value is -3.83. The van der Waals surface area contributed by atoms with Crippen LogP contribution >= 0.6 is 0 Å². The van der Waals surface area contributed by atoms with E-state index in [4.69, 9.17) is 0 Å². The minimum absolute atomic E-state index is 0.0221. The van der Waals surface area contributed by atoms with Crippen LogP contribution in [-0.2, 0) is 13.1 Å². The number of hydrogen-bond acceptors (Lipinski definition) is 3. The first-order chi connectivity index (χ1) is 16.5. The van der Waals surface area contributed by atoms with Crippen molar-refractivity contribution < 1.29 is 0 Å². The lowest BCUT2D eigenvalue weighted by Crippen LogP contribution is -2.44. The molecule has 0 bridgehead atoms. The second kappa shape index (κ2) is 9.20. The summed E-state index contributed by atoms with van der Waals surface area (Å²) in [7, 11) is 0. The number of aromatic nitrogens is 2. The predicted molar refractivity (Wildman–Crippen MR) is 141 cm³/mol. The van der Waals surface area contributed by atoms with Crippen LogP contribution in [0.5, 0.6) is 0 Å². The number of nitrogens with zero attached hydrogens (tertiary/aromatic N) is 1. The van der Waals surface area contributed by atoms with Gasteiger partial charge in [-0.25, -0.2) is 0 Å². The number of rotatable bonds is 8. The highest BCUT2D eigenvalue weighted by Gasteiger charge is 2.18. The van der Waals surface area contributed by atoms with E-state index in [0.29, 0.717) is 11.9 Å². The van der Waals surface area contributed by atoms with Gasteiger partial charge < -0.3 is 20.2 Å². The fourth-order valence-corrected chi connectivity index (χ4v) is 4.38. The summed E-state index contributed by atoms with van der Waals surface area (Å²) in [5.74, 6) is 0.734. The molecule has 5 nitrogen and oxygen atoms in total. The predicted octanol–water partition coefficient (Wildman–Crippen LogP) is 5.51. The van der Waals surface area contributed by atoms with Gasteiger partial charge in [-0.05, 0) is 43.2 Å². The summed E-state index contributed by atoms with van der Waals surface area (Å²) >= 11 is 0. The van der Waals surface area contributed by atoms with Crippen LogP contribution in [0, 0.1) is 0 Å². The lowest BCUT2D eigenvalue weighted by molar-refractivity contribution is 0.407. The number of hydrogen-bond donors (Lipinski definition) is 3. The van der Waals surface area contributed by atoms with Gasteiger partial charge >= 0.3 is 0 Å². The highest BCUT2D eigenvalue weighted by molar-refractivity contribution is 5.84. The fraction of sp³-hybridized carbons (Fsp3) is 0.207. The van der Waals surface area contributed by atoms with Crippen LogP contribution in [0.4, 0.5) is 5.82 Å². The van der Waals surface area contributed by atoms with Gasteiger partial charge in [0.25, 0.3) is 0 Å². The van der Waals surface area contributed by atoms with E-state index in [2.05, 4.69) is 94.8 Å². The summed E-state index contributed by atoms with van der Waals surface area (Å²) in [5.41, 5.74) is 4.48. The van der Waals surface area contributed by atoms with Gasteiger partial charge in [-0.1, -0.05) is 60.7 Å². The molecule has 0 saturated heterocycles. The third kappa shape index (κ3) is 4.75. The molecule has 0 fully saturated rings. The fourth-order valence-electron chi connectivity index (χ4n) is 4.38. The number of para-hydroxylation sites is 2. The van der Waals surface area contributed by atoms with Gasteiger partial charge in [0, 0.05) is 53.7 Å². The van der Waals surface area contributed by atoms with Crippen LogP contribution in [-0.4, -0.2) is 21.6 Å². The molecule has 5 rings (SSSR count). The molecule has 0 atom stereocenters. The Labute approximate surface area is 199 Å². The standard InChI is InChI=1S/C29H30N4O/c1-29(2,20-30-28-16-27(34)24-13-6-8-14-25(24)32-28)31-17-22-19-33(18-21-10-4-3-5-11-21)26-15-9-7-12-23(22)26/h3-16,19,31H,17-18,20H2,1-2H3,(H2,30,32,34). The van der Waals surface area contributed by atoms with E-state index in [1.807, 2.05) is 24.3 Å². The summed E-state index contributed by atoms with van der Waals surface area (Å²) < 4.78 is 2.33. The zero-order chi connectivity index (χ0) is 23.5. The van der Waals surface area contributed by atoms with Gasteiger partial charge in [0.2, 0.25) is 0 Å². The number of nitrogens with one attached hydrogen (secondary N) is 3. The Bertz CT molecular complexity index is 1480. The second-order valence-corrected chi connectivity index (χ2v) is 9.47. The molecule has 172 valence electrons. The highest BCUT2D eigenvalue weighted by atomic mass is 16.1. The summed E-state index contributed by atoms with van der Waals surface area (Å²) in [6.07, 6.45) is 2.26. The molecule has 3 aromatic carbocycles. The molecular weight excluding hydrogens is 420 g/mol. The number of pyridine rings is 1. The average Bonchev–Trinajstić information content (AvgIpc) is 3.20. The first-order valence-electron chi connectivity index (χ1n) is 11.7. The molecule has 34 heavy (non-hydrogen) atoms. The van der Waals surface area contributed by atoms with Crippen LogP contribution in [0.1, 0.15) is 25.0 Å². The molecule has 0 radical (unpaired) electrons. The molecule has 3 N–H and O–H groups in total. The number of fused-ring (bicyclic) bond motifs is 2. The highest BCUT2D eigenvalue weighted by Crippen LogP contribution is 2.23. The molecule has 0 aliphatic rings. The largest absolute Gasteiger partial charge is 0.370 e. The van der Waals surface area contributed by atoms with E-state index in [1.54, 1.807) is 6.07 Å². The van der Waals surface area contributed by atoms with Crippen LogP contribution in [0.25, 0.3) is 21.8 Å². The average molecular weight is 451 g/mol. The zero-order valence-electron chi connectivity index (χ0n) is 19.6. The Morgan fingerprint density at radius 3 is 2.41 bits per heavy atom. The normalized spacial score (nSPS) is 11.8. The smallest absolute Gasteiger partial charge is 0.191 e. The van der Waals surface area contributed by atoms with Crippen molar-refractivity contribution in [2.45, 2.75) is 32.5 Å². The zero-order valence-corrected chi connectivity index (χ0v) is 19.6. The van der Waals surface area contributed by atoms with Crippen LogP contribution < -0.4 is 16.1 Å². The quantitative estimate of drug-likeness (QED) is 0.292. The molecule has 0 unspecified atom stereocenters. The van der Waals surface area contributed by atoms with Gasteiger partial charge in [-0.2, -0.15) is 0 Å². The molecule has 2 aromatic heterocycles. The summed E-state index contributed by atoms with van der Waals surface area (Å²) in [5, 5.41) is 9.08. The lowest BCUT2D eigenvalue weighted by atomic mass is 10.0. The minimum Gasteiger partial charge on any atom is -0.370 e. The number of benzene rings is 3. The molecule has 5 aromatic rings. The van der Waals surface area contributed by atoms with E-state index in [9.17, 15) is 4.79 Å². The lowest BCUT2D eigenvalue weighted by Gasteiger charge is -2.27. The van der Waals surface area contributed by atoms with E-state index in [1.165, 1.54) is 22.0 Å². The third-order valence-electron chi connectivity index (χ3n) is 6.28. The van der Waals surface area contributed by atoms with Crippen molar-refractivity contribution in [3.8, 4) is 0 Å². The Balaban J connectivity index is 1.29. The van der Waals surface area contributed by atoms with E-state index in [-0.39, 0.29) is 11.0 Å². The van der Waals surface area contributed by atoms with Crippen molar-refractivity contribution in [1.82, 2.24) is 14.9 Å². The van der Waals surface area contributed by atoms with Gasteiger partial charge in [0.05, 0.1) is 5.52 Å². The Morgan fingerprint density at radius 1 is 0.882 bits per heavy atom. The molecule has 5 heteroatoms. The van der Waals surface area contributed by atoms with Crippen molar-refractivity contribution in [1.29, 1.82) is 0 Å². The van der Waals surface area contributed by atoms with Gasteiger partial charge in [0.1, 0.15) is 5.82 Å². The van der Waals surface area contributed by atoms with Crippen LogP contribution in [0.2, 0.25) is 0 Å². The monoisotopic (exact) mass is 450 g/mol. The van der Waals surface area contributed by atoms with Crippen molar-refractivity contribution in [2.75, 3.05) is 11.9 Å². The van der Waals surface area contributed by atoms with E-state index < -0.39 is 0 Å². The molecule has 0 saturated carbocycles. The molecule has 0 aliphatic heterocycles. The molecule has 0 aliphatic carbocycles. The molecule has 2 heterocycles. The molecular formula is C29H30N4O. The second-order valence-electron chi connectivity index (χ2n) is 9.47. The van der Waals surface area contributed by atoms with Crippen molar-refractivity contribution >= 4 is 27.6 Å². The maximum Gasteiger partial charge on any atom is 0.191 e. The SMILES string of the molecule is CC(C)(CNc1cc(=O)c2ccccc2[nH]1)NCc1cn(Cc2ccccc2)c2ccccc12. The number of H-pyrrole nitrogens is 1. The maximum absolute atomic E-state index is 12.4. The van der Waals surface area contributed by atoms with Crippen molar-refractivity contribution in [3.63, 3.8) is 0 Å². The summed E-state index contributed by atoms with van der Waals surface area (Å²) in [4.78, 5) is 15.7. The third-order valence-corrected chi connectivity index (χ3v) is 6.28. The van der Waals surface area contributed by atoms with Crippen molar-refractivity contribution in [3.05, 3.63) is 112 Å². The van der Waals surface area contributed by atoms with Crippen LogP contribution in [0.15, 0.2) is 95.9 Å². The van der Waals surface area contributed by atoms with Crippen molar-refractivity contribution in [2.24, 2.45) is 0 Å². The number of aromatic amines is 1. The van der Waals surface area contributed by atoms with Gasteiger partial charge in [0.15, 0.2) is 5.43 Å². The Morgan fingerprint density at radius 2 is 1.59 bits per heavy atom. The van der Waals surface area contributed by atoms with E-state index in [0.717, 1.165) is 24.4 Å². The Kier molecular flexibility index (Phi) is 5.95. The first kappa shape index (κ1) is 22.0.